The van der Waals surface area contributed by atoms with Gasteiger partial charge in [0.1, 0.15) is 0 Å². The van der Waals surface area contributed by atoms with Gasteiger partial charge in [0.05, 0.1) is 0 Å². The Bertz CT molecular complexity index is 520. The maximum atomic E-state index is 9.32. The molecule has 2 aromatic carbocycles. The van der Waals surface area contributed by atoms with Gasteiger partial charge >= 0.3 is 0 Å². The van der Waals surface area contributed by atoms with Crippen molar-refractivity contribution in [2.45, 2.75) is 13.8 Å². The van der Waals surface area contributed by atoms with Crippen LogP contribution in [0.1, 0.15) is 13.8 Å². The van der Waals surface area contributed by atoms with E-state index in [0.717, 1.165) is 12.2 Å². The first-order valence-electron chi connectivity index (χ1n) is 6.61. The molecule has 0 spiro atoms. The van der Waals surface area contributed by atoms with Gasteiger partial charge in [0.25, 0.3) is 0 Å². The average molecular weight is 255 g/mol. The molecule has 100 valence electrons. The molecule has 0 aliphatic heterocycles. The van der Waals surface area contributed by atoms with Gasteiger partial charge in [-0.1, -0.05) is 62.4 Å². The first-order chi connectivity index (χ1) is 9.12. The van der Waals surface area contributed by atoms with Gasteiger partial charge in [0.15, 0.2) is 0 Å². The fourth-order valence-electron chi connectivity index (χ4n) is 1.90. The molecule has 2 nitrogen and oxygen atoms in total. The molecular formula is C17H21NO. The van der Waals surface area contributed by atoms with Crippen LogP contribution in [0.5, 0.6) is 0 Å². The van der Waals surface area contributed by atoms with Crippen LogP contribution in [0.4, 0.5) is 5.69 Å². The zero-order valence-corrected chi connectivity index (χ0v) is 11.6. The van der Waals surface area contributed by atoms with Crippen molar-refractivity contribution in [2.75, 3.05) is 18.5 Å². The molecule has 2 heteroatoms. The first-order valence-corrected chi connectivity index (χ1v) is 6.61. The smallest absolute Gasteiger partial charge is 0.0498 e. The molecule has 2 N–H and O–H groups in total. The van der Waals surface area contributed by atoms with Crippen molar-refractivity contribution >= 4 is 5.69 Å². The highest BCUT2D eigenvalue weighted by atomic mass is 16.3. The van der Waals surface area contributed by atoms with Gasteiger partial charge in [0.2, 0.25) is 0 Å². The van der Waals surface area contributed by atoms with E-state index in [0.29, 0.717) is 0 Å². The van der Waals surface area contributed by atoms with Crippen molar-refractivity contribution in [1.29, 1.82) is 0 Å². The van der Waals surface area contributed by atoms with Crippen LogP contribution in [0.3, 0.4) is 0 Å². The van der Waals surface area contributed by atoms with Crippen LogP contribution in [-0.2, 0) is 0 Å². The number of hydrogen-bond acceptors (Lipinski definition) is 2. The molecule has 19 heavy (non-hydrogen) atoms. The number of aliphatic hydroxyl groups excluding tert-OH is 1. The van der Waals surface area contributed by atoms with Crippen LogP contribution < -0.4 is 5.32 Å². The van der Waals surface area contributed by atoms with E-state index in [1.807, 2.05) is 44.2 Å². The summed E-state index contributed by atoms with van der Waals surface area (Å²) in [6, 6.07) is 18.6. The van der Waals surface area contributed by atoms with Crippen LogP contribution >= 0.6 is 0 Å². The number of para-hydroxylation sites is 1. The minimum absolute atomic E-state index is 0.121. The Kier molecular flexibility index (Phi) is 4.23. The lowest BCUT2D eigenvalue weighted by Gasteiger charge is -2.23. The van der Waals surface area contributed by atoms with Crippen molar-refractivity contribution in [3.63, 3.8) is 0 Å². The Morgan fingerprint density at radius 1 is 0.947 bits per heavy atom. The third-order valence-electron chi connectivity index (χ3n) is 3.20. The van der Waals surface area contributed by atoms with E-state index in [4.69, 9.17) is 0 Å². The van der Waals surface area contributed by atoms with Crippen LogP contribution in [0.25, 0.3) is 11.1 Å². The maximum Gasteiger partial charge on any atom is 0.0498 e. The summed E-state index contributed by atoms with van der Waals surface area (Å²) >= 11 is 0. The lowest BCUT2D eigenvalue weighted by Crippen LogP contribution is -2.26. The van der Waals surface area contributed by atoms with Crippen LogP contribution in [0.2, 0.25) is 0 Å². The quantitative estimate of drug-likeness (QED) is 0.852. The average Bonchev–Trinajstić information content (AvgIpc) is 2.46. The predicted molar refractivity (Wildman–Crippen MR) is 81.2 cm³/mol. The Hall–Kier alpha value is -1.80. The number of hydrogen-bond donors (Lipinski definition) is 2. The zero-order valence-electron chi connectivity index (χ0n) is 11.6. The normalized spacial score (nSPS) is 11.3. The number of nitrogens with one attached hydrogen (secondary N) is 1. The van der Waals surface area contributed by atoms with Gasteiger partial charge < -0.3 is 10.4 Å². The minimum atomic E-state index is -0.121. The molecular weight excluding hydrogens is 234 g/mol. The number of aliphatic hydroxyl groups is 1. The van der Waals surface area contributed by atoms with E-state index in [-0.39, 0.29) is 12.0 Å². The van der Waals surface area contributed by atoms with E-state index in [9.17, 15) is 5.11 Å². The molecule has 0 atom stereocenters. The molecule has 2 rings (SSSR count). The first kappa shape index (κ1) is 13.6. The maximum absolute atomic E-state index is 9.32. The molecule has 0 saturated carbocycles. The fourth-order valence-corrected chi connectivity index (χ4v) is 1.90. The van der Waals surface area contributed by atoms with E-state index >= 15 is 0 Å². The second-order valence-electron chi connectivity index (χ2n) is 5.59. The van der Waals surface area contributed by atoms with Gasteiger partial charge in [0, 0.05) is 29.8 Å². The fraction of sp³-hybridized carbons (Fsp3) is 0.294. The van der Waals surface area contributed by atoms with Crippen molar-refractivity contribution in [1.82, 2.24) is 0 Å². The van der Waals surface area contributed by atoms with E-state index in [1.54, 1.807) is 0 Å². The van der Waals surface area contributed by atoms with E-state index < -0.39 is 0 Å². The highest BCUT2D eigenvalue weighted by molar-refractivity contribution is 5.77. The van der Waals surface area contributed by atoms with Crippen molar-refractivity contribution in [3.8, 4) is 11.1 Å². The molecule has 0 radical (unpaired) electrons. The van der Waals surface area contributed by atoms with E-state index in [1.165, 1.54) is 11.1 Å². The molecule has 2 aromatic rings. The summed E-state index contributed by atoms with van der Waals surface area (Å²) < 4.78 is 0. The number of anilines is 1. The van der Waals surface area contributed by atoms with E-state index in [2.05, 4.69) is 29.6 Å². The van der Waals surface area contributed by atoms with Crippen molar-refractivity contribution in [2.24, 2.45) is 5.41 Å². The lowest BCUT2D eigenvalue weighted by molar-refractivity contribution is 0.171. The Morgan fingerprint density at radius 2 is 1.58 bits per heavy atom. The standard InChI is InChI=1S/C17H21NO/c1-17(2,13-19)12-18-16-11-7-6-10-15(16)14-8-4-3-5-9-14/h3-11,18-19H,12-13H2,1-2H3. The molecule has 0 saturated heterocycles. The Morgan fingerprint density at radius 3 is 2.26 bits per heavy atom. The van der Waals surface area contributed by atoms with Gasteiger partial charge in [-0.15, -0.1) is 0 Å². The number of rotatable bonds is 5. The number of benzene rings is 2. The second kappa shape index (κ2) is 5.89. The summed E-state index contributed by atoms with van der Waals surface area (Å²) in [6.45, 7) is 5.01. The molecule has 0 unspecified atom stereocenters. The largest absolute Gasteiger partial charge is 0.396 e. The summed E-state index contributed by atoms with van der Waals surface area (Å²) in [5.41, 5.74) is 3.38. The third-order valence-corrected chi connectivity index (χ3v) is 3.20. The summed E-state index contributed by atoms with van der Waals surface area (Å²) in [5, 5.41) is 12.8. The monoisotopic (exact) mass is 255 g/mol. The van der Waals surface area contributed by atoms with Gasteiger partial charge in [-0.05, 0) is 11.6 Å². The second-order valence-corrected chi connectivity index (χ2v) is 5.59. The zero-order chi connectivity index (χ0) is 13.7. The lowest BCUT2D eigenvalue weighted by atomic mass is 9.94. The molecule has 0 amide bonds. The predicted octanol–water partition coefficient (Wildman–Crippen LogP) is 3.78. The molecule has 0 aromatic heterocycles. The summed E-state index contributed by atoms with van der Waals surface area (Å²) in [4.78, 5) is 0. The highest BCUT2D eigenvalue weighted by Gasteiger charge is 2.16. The topological polar surface area (TPSA) is 32.3 Å². The van der Waals surface area contributed by atoms with Crippen LogP contribution in [0.15, 0.2) is 54.6 Å². The van der Waals surface area contributed by atoms with Gasteiger partial charge in [-0.3, -0.25) is 0 Å². The Labute approximate surface area is 115 Å². The molecule has 0 heterocycles. The molecule has 0 aliphatic rings. The van der Waals surface area contributed by atoms with Crippen molar-refractivity contribution < 1.29 is 5.11 Å². The highest BCUT2D eigenvalue weighted by Crippen LogP contribution is 2.28. The summed E-state index contributed by atoms with van der Waals surface area (Å²) in [6.07, 6.45) is 0. The summed E-state index contributed by atoms with van der Waals surface area (Å²) in [7, 11) is 0. The van der Waals surface area contributed by atoms with Gasteiger partial charge in [-0.25, -0.2) is 0 Å². The van der Waals surface area contributed by atoms with Crippen LogP contribution in [0, 0.1) is 5.41 Å². The molecule has 0 aliphatic carbocycles. The minimum Gasteiger partial charge on any atom is -0.396 e. The Balaban J connectivity index is 2.23. The molecule has 0 bridgehead atoms. The van der Waals surface area contributed by atoms with Crippen LogP contribution in [-0.4, -0.2) is 18.3 Å². The third kappa shape index (κ3) is 3.58. The van der Waals surface area contributed by atoms with Crippen molar-refractivity contribution in [3.05, 3.63) is 54.6 Å². The summed E-state index contributed by atoms with van der Waals surface area (Å²) in [5.74, 6) is 0. The molecule has 0 fully saturated rings. The van der Waals surface area contributed by atoms with Gasteiger partial charge in [-0.2, -0.15) is 0 Å². The SMILES string of the molecule is CC(C)(CO)CNc1ccccc1-c1ccccc1.